The van der Waals surface area contributed by atoms with E-state index >= 15 is 0 Å². The minimum atomic E-state index is -0.341. The molecule has 0 unspecified atom stereocenters. The van der Waals surface area contributed by atoms with Gasteiger partial charge in [0.1, 0.15) is 18.8 Å². The van der Waals surface area contributed by atoms with Crippen LogP contribution < -0.4 is 0 Å². The molecule has 1 aliphatic heterocycles. The van der Waals surface area contributed by atoms with Crippen molar-refractivity contribution in [1.82, 2.24) is 0 Å². The summed E-state index contributed by atoms with van der Waals surface area (Å²) >= 11 is 0. The predicted octanol–water partition coefficient (Wildman–Crippen LogP) is -0.0886. The molecular weight excluding hydrogens is 152 g/mol. The highest BCUT2D eigenvalue weighted by Gasteiger charge is 2.46. The van der Waals surface area contributed by atoms with Crippen LogP contribution in [0.1, 0.15) is 0 Å². The minimum Gasteiger partial charge on any atom is -0.364 e. The lowest BCUT2D eigenvalue weighted by atomic mass is 10.2. The molecule has 0 radical (unpaired) electrons. The van der Waals surface area contributed by atoms with Gasteiger partial charge in [0.2, 0.25) is 0 Å². The maximum Gasteiger partial charge on any atom is 0.144 e. The summed E-state index contributed by atoms with van der Waals surface area (Å²) in [5.41, 5.74) is -0.341. The smallest absolute Gasteiger partial charge is 0.144 e. The summed E-state index contributed by atoms with van der Waals surface area (Å²) in [7, 11) is 2.90. The van der Waals surface area contributed by atoms with E-state index in [-0.39, 0.29) is 5.60 Å². The zero-order valence-corrected chi connectivity index (χ0v) is 6.66. The molecule has 11 heavy (non-hydrogen) atoms. The molecule has 5 heteroatoms. The second-order valence-corrected chi connectivity index (χ2v) is 2.33. The van der Waals surface area contributed by atoms with Gasteiger partial charge in [-0.2, -0.15) is 0 Å². The number of hydrogen-bond donors (Lipinski definition) is 0. The van der Waals surface area contributed by atoms with Crippen molar-refractivity contribution >= 4 is 0 Å². The highest BCUT2D eigenvalue weighted by atomic mass is 17.2. The summed E-state index contributed by atoms with van der Waals surface area (Å²) in [5, 5.41) is 0. The molecule has 0 N–H and O–H groups in total. The van der Waals surface area contributed by atoms with Gasteiger partial charge in [0, 0.05) is 0 Å². The SMILES string of the molecule is COOCC1(COOC)CO1. The Kier molecular flexibility index (Phi) is 3.22. The van der Waals surface area contributed by atoms with Gasteiger partial charge in [0.15, 0.2) is 0 Å². The van der Waals surface area contributed by atoms with E-state index in [1.54, 1.807) is 0 Å². The standard InChI is InChI=1S/C6H12O5/c1-7-10-4-6(3-9-6)5-11-8-2/h3-5H2,1-2H3. The van der Waals surface area contributed by atoms with Crippen LogP contribution in [0.25, 0.3) is 0 Å². The van der Waals surface area contributed by atoms with Crippen LogP contribution in [0.15, 0.2) is 0 Å². The van der Waals surface area contributed by atoms with Crippen molar-refractivity contribution in [2.24, 2.45) is 0 Å². The number of hydrogen-bond acceptors (Lipinski definition) is 5. The van der Waals surface area contributed by atoms with Gasteiger partial charge in [-0.3, -0.25) is 0 Å². The zero-order valence-electron chi connectivity index (χ0n) is 6.66. The van der Waals surface area contributed by atoms with Gasteiger partial charge in [-0.15, -0.1) is 0 Å². The van der Waals surface area contributed by atoms with Crippen LogP contribution in [0.4, 0.5) is 0 Å². The van der Waals surface area contributed by atoms with E-state index in [9.17, 15) is 0 Å². The van der Waals surface area contributed by atoms with Crippen molar-refractivity contribution in [1.29, 1.82) is 0 Å². The van der Waals surface area contributed by atoms with E-state index in [4.69, 9.17) is 14.5 Å². The Morgan fingerprint density at radius 1 is 1.18 bits per heavy atom. The minimum absolute atomic E-state index is 0.341. The average Bonchev–Trinajstić information content (AvgIpc) is 2.79. The van der Waals surface area contributed by atoms with E-state index in [1.165, 1.54) is 14.2 Å². The fourth-order valence-electron chi connectivity index (χ4n) is 0.643. The van der Waals surface area contributed by atoms with Crippen LogP contribution in [0.2, 0.25) is 0 Å². The molecular formula is C6H12O5. The molecule has 0 bridgehead atoms. The predicted molar refractivity (Wildman–Crippen MR) is 34.6 cm³/mol. The number of epoxide rings is 1. The van der Waals surface area contributed by atoms with Gasteiger partial charge < -0.3 is 4.74 Å². The van der Waals surface area contributed by atoms with Crippen LogP contribution in [-0.4, -0.2) is 39.6 Å². The Hall–Kier alpha value is -0.200. The third kappa shape index (κ3) is 2.72. The Morgan fingerprint density at radius 2 is 1.64 bits per heavy atom. The van der Waals surface area contributed by atoms with E-state index in [1.807, 2.05) is 0 Å². The van der Waals surface area contributed by atoms with Crippen molar-refractivity contribution in [3.8, 4) is 0 Å². The highest BCUT2D eigenvalue weighted by Crippen LogP contribution is 2.27. The largest absolute Gasteiger partial charge is 0.364 e. The van der Waals surface area contributed by atoms with Gasteiger partial charge in [-0.1, -0.05) is 0 Å². The van der Waals surface area contributed by atoms with Crippen molar-refractivity contribution < 1.29 is 24.3 Å². The second kappa shape index (κ2) is 3.99. The number of ether oxygens (including phenoxy) is 1. The first-order chi connectivity index (χ1) is 5.33. The van der Waals surface area contributed by atoms with Crippen LogP contribution in [-0.2, 0) is 24.3 Å². The molecule has 0 aliphatic carbocycles. The first-order valence-corrected chi connectivity index (χ1v) is 3.28. The Morgan fingerprint density at radius 3 is 1.91 bits per heavy atom. The van der Waals surface area contributed by atoms with E-state index < -0.39 is 0 Å². The van der Waals surface area contributed by atoms with E-state index in [2.05, 4.69) is 9.78 Å². The zero-order chi connectivity index (χ0) is 8.16. The van der Waals surface area contributed by atoms with Crippen molar-refractivity contribution in [3.05, 3.63) is 0 Å². The second-order valence-electron chi connectivity index (χ2n) is 2.33. The molecule has 66 valence electrons. The fraction of sp³-hybridized carbons (Fsp3) is 1.00. The van der Waals surface area contributed by atoms with Crippen LogP contribution >= 0.6 is 0 Å². The van der Waals surface area contributed by atoms with E-state index in [0.29, 0.717) is 19.8 Å². The Balaban J connectivity index is 2.08. The lowest BCUT2D eigenvalue weighted by Crippen LogP contribution is -2.25. The molecule has 1 rings (SSSR count). The monoisotopic (exact) mass is 164 g/mol. The van der Waals surface area contributed by atoms with Crippen molar-refractivity contribution in [3.63, 3.8) is 0 Å². The van der Waals surface area contributed by atoms with Crippen molar-refractivity contribution in [2.45, 2.75) is 5.60 Å². The fourth-order valence-corrected chi connectivity index (χ4v) is 0.643. The lowest BCUT2D eigenvalue weighted by molar-refractivity contribution is -0.308. The summed E-state index contributed by atoms with van der Waals surface area (Å²) in [4.78, 5) is 18.2. The molecule has 5 nitrogen and oxygen atoms in total. The molecule has 0 atom stereocenters. The normalized spacial score (nSPS) is 20.2. The molecule has 1 fully saturated rings. The lowest BCUT2D eigenvalue weighted by Gasteiger charge is -2.08. The van der Waals surface area contributed by atoms with Crippen molar-refractivity contribution in [2.75, 3.05) is 34.0 Å². The van der Waals surface area contributed by atoms with Gasteiger partial charge in [-0.25, -0.2) is 19.6 Å². The summed E-state index contributed by atoms with van der Waals surface area (Å²) in [6.07, 6.45) is 0. The molecule has 0 aromatic heterocycles. The molecule has 0 amide bonds. The van der Waals surface area contributed by atoms with Gasteiger partial charge in [-0.05, 0) is 0 Å². The first-order valence-electron chi connectivity index (χ1n) is 3.28. The van der Waals surface area contributed by atoms with Gasteiger partial charge >= 0.3 is 0 Å². The summed E-state index contributed by atoms with van der Waals surface area (Å²) in [5.74, 6) is 0. The third-order valence-corrected chi connectivity index (χ3v) is 1.43. The molecule has 0 saturated carbocycles. The van der Waals surface area contributed by atoms with Gasteiger partial charge in [0.25, 0.3) is 0 Å². The summed E-state index contributed by atoms with van der Waals surface area (Å²) < 4.78 is 5.09. The quantitative estimate of drug-likeness (QED) is 0.312. The maximum absolute atomic E-state index is 5.09. The molecule has 0 aromatic carbocycles. The summed E-state index contributed by atoms with van der Waals surface area (Å²) in [6, 6.07) is 0. The average molecular weight is 164 g/mol. The summed E-state index contributed by atoms with van der Waals surface area (Å²) in [6.45, 7) is 1.36. The molecule has 1 saturated heterocycles. The third-order valence-electron chi connectivity index (χ3n) is 1.43. The van der Waals surface area contributed by atoms with Crippen LogP contribution in [0.5, 0.6) is 0 Å². The van der Waals surface area contributed by atoms with Crippen LogP contribution in [0.3, 0.4) is 0 Å². The molecule has 1 heterocycles. The Labute approximate surface area is 65.0 Å². The topological polar surface area (TPSA) is 49.5 Å². The highest BCUT2D eigenvalue weighted by molar-refractivity contribution is 4.91. The number of rotatable bonds is 6. The molecule has 0 spiro atoms. The van der Waals surface area contributed by atoms with E-state index in [0.717, 1.165) is 0 Å². The molecule has 1 aliphatic rings. The first kappa shape index (κ1) is 8.89. The van der Waals surface area contributed by atoms with Gasteiger partial charge in [0.05, 0.1) is 20.8 Å². The molecule has 0 aromatic rings. The van der Waals surface area contributed by atoms with Crippen LogP contribution in [0, 0.1) is 0 Å². The maximum atomic E-state index is 5.09. The Bertz CT molecular complexity index is 102.